The van der Waals surface area contributed by atoms with Crippen LogP contribution >= 0.6 is 24.0 Å². The number of aliphatic imine (C=N–C) groups is 1. The fourth-order valence-corrected chi connectivity index (χ4v) is 3.69. The zero-order valence-electron chi connectivity index (χ0n) is 19.6. The van der Waals surface area contributed by atoms with Gasteiger partial charge in [-0.3, -0.25) is 9.89 Å². The summed E-state index contributed by atoms with van der Waals surface area (Å²) in [5, 5.41) is 6.63. The maximum atomic E-state index is 5.83. The fourth-order valence-electron chi connectivity index (χ4n) is 3.69. The summed E-state index contributed by atoms with van der Waals surface area (Å²) >= 11 is 0. The van der Waals surface area contributed by atoms with E-state index >= 15 is 0 Å². The normalized spacial score (nSPS) is 17.8. The Morgan fingerprint density at radius 1 is 1.13 bits per heavy atom. The maximum absolute atomic E-state index is 5.83. The Hall–Kier alpha value is -1.61. The SMILES string of the molecule is CN=C(NCc1ccc(CN2CCCCC2C)cc1)NCc1ncc(C(C)(C)C)o1.I. The molecule has 1 aliphatic rings. The van der Waals surface area contributed by atoms with E-state index in [0.29, 0.717) is 18.5 Å². The van der Waals surface area contributed by atoms with Crippen LogP contribution in [0, 0.1) is 0 Å². The van der Waals surface area contributed by atoms with E-state index < -0.39 is 0 Å². The number of hydrogen-bond donors (Lipinski definition) is 2. The van der Waals surface area contributed by atoms with Crippen molar-refractivity contribution in [2.24, 2.45) is 4.99 Å². The summed E-state index contributed by atoms with van der Waals surface area (Å²) in [5.74, 6) is 2.29. The average molecular weight is 540 g/mol. The minimum Gasteiger partial charge on any atom is -0.443 e. The zero-order chi connectivity index (χ0) is 21.6. The molecule has 2 heterocycles. The molecule has 0 aliphatic carbocycles. The van der Waals surface area contributed by atoms with E-state index in [1.807, 2.05) is 0 Å². The lowest BCUT2D eigenvalue weighted by Crippen LogP contribution is -2.37. The molecule has 1 atom stereocenters. The van der Waals surface area contributed by atoms with Gasteiger partial charge in [-0.2, -0.15) is 0 Å². The van der Waals surface area contributed by atoms with Gasteiger partial charge in [-0.15, -0.1) is 24.0 Å². The third-order valence-corrected chi connectivity index (χ3v) is 5.73. The molecular weight excluding hydrogens is 501 g/mol. The van der Waals surface area contributed by atoms with Gasteiger partial charge in [-0.05, 0) is 37.4 Å². The maximum Gasteiger partial charge on any atom is 0.213 e. The number of likely N-dealkylation sites (tertiary alicyclic amines) is 1. The van der Waals surface area contributed by atoms with Crippen molar-refractivity contribution in [3.8, 4) is 0 Å². The largest absolute Gasteiger partial charge is 0.443 e. The molecule has 1 saturated heterocycles. The second-order valence-corrected chi connectivity index (χ2v) is 9.28. The first kappa shape index (κ1) is 25.6. The van der Waals surface area contributed by atoms with Gasteiger partial charge in [-0.1, -0.05) is 51.5 Å². The second kappa shape index (κ2) is 11.9. The molecule has 172 valence electrons. The molecule has 1 aliphatic heterocycles. The molecular formula is C24H38IN5O. The first-order valence-corrected chi connectivity index (χ1v) is 11.1. The Kier molecular flexibility index (Phi) is 9.81. The highest BCUT2D eigenvalue weighted by molar-refractivity contribution is 14.0. The number of benzene rings is 1. The fraction of sp³-hybridized carbons (Fsp3) is 0.583. The first-order valence-electron chi connectivity index (χ1n) is 11.1. The van der Waals surface area contributed by atoms with Gasteiger partial charge < -0.3 is 15.1 Å². The van der Waals surface area contributed by atoms with Gasteiger partial charge in [0.25, 0.3) is 0 Å². The molecule has 3 rings (SSSR count). The predicted octanol–water partition coefficient (Wildman–Crippen LogP) is 4.83. The van der Waals surface area contributed by atoms with Crippen molar-refractivity contribution in [2.45, 2.75) is 78.0 Å². The Morgan fingerprint density at radius 3 is 2.42 bits per heavy atom. The number of nitrogens with zero attached hydrogens (tertiary/aromatic N) is 3. The third kappa shape index (κ3) is 7.79. The van der Waals surface area contributed by atoms with E-state index in [-0.39, 0.29) is 29.4 Å². The molecule has 0 radical (unpaired) electrons. The van der Waals surface area contributed by atoms with Crippen molar-refractivity contribution in [3.63, 3.8) is 0 Å². The number of halogens is 1. The number of rotatable bonds is 6. The first-order chi connectivity index (χ1) is 14.3. The summed E-state index contributed by atoms with van der Waals surface area (Å²) in [7, 11) is 1.77. The molecule has 2 N–H and O–H groups in total. The van der Waals surface area contributed by atoms with Gasteiger partial charge in [0.1, 0.15) is 5.76 Å². The molecule has 0 amide bonds. The van der Waals surface area contributed by atoms with Crippen molar-refractivity contribution in [3.05, 3.63) is 53.2 Å². The molecule has 0 bridgehead atoms. The molecule has 1 unspecified atom stereocenters. The summed E-state index contributed by atoms with van der Waals surface area (Å²) in [5.41, 5.74) is 2.58. The molecule has 1 aromatic heterocycles. The van der Waals surface area contributed by atoms with Crippen molar-refractivity contribution >= 4 is 29.9 Å². The van der Waals surface area contributed by atoms with Gasteiger partial charge >= 0.3 is 0 Å². The summed E-state index contributed by atoms with van der Waals surface area (Å²) < 4.78 is 5.83. The van der Waals surface area contributed by atoms with Crippen LogP contribution in [0.1, 0.15) is 69.7 Å². The molecule has 0 saturated carbocycles. The minimum atomic E-state index is -0.0383. The second-order valence-electron chi connectivity index (χ2n) is 9.28. The predicted molar refractivity (Wildman–Crippen MR) is 138 cm³/mol. The Morgan fingerprint density at radius 2 is 1.81 bits per heavy atom. The smallest absolute Gasteiger partial charge is 0.213 e. The summed E-state index contributed by atoms with van der Waals surface area (Å²) in [6, 6.07) is 9.59. The van der Waals surface area contributed by atoms with Crippen LogP contribution in [0.15, 0.2) is 39.9 Å². The van der Waals surface area contributed by atoms with E-state index in [1.165, 1.54) is 36.9 Å². The van der Waals surface area contributed by atoms with E-state index in [2.05, 4.69) is 77.5 Å². The molecule has 1 aromatic carbocycles. The van der Waals surface area contributed by atoms with Crippen LogP contribution in [0.4, 0.5) is 0 Å². The number of guanidine groups is 1. The lowest BCUT2D eigenvalue weighted by molar-refractivity contribution is 0.152. The van der Waals surface area contributed by atoms with Crippen molar-refractivity contribution < 1.29 is 4.42 Å². The molecule has 6 nitrogen and oxygen atoms in total. The van der Waals surface area contributed by atoms with Crippen molar-refractivity contribution in [2.75, 3.05) is 13.6 Å². The monoisotopic (exact) mass is 539 g/mol. The number of piperidine rings is 1. The Labute approximate surface area is 204 Å². The van der Waals surface area contributed by atoms with E-state index in [0.717, 1.165) is 24.8 Å². The number of nitrogens with one attached hydrogen (secondary N) is 2. The van der Waals surface area contributed by atoms with Crippen LogP contribution < -0.4 is 10.6 Å². The number of aromatic nitrogens is 1. The van der Waals surface area contributed by atoms with Gasteiger partial charge in [0.05, 0.1) is 12.7 Å². The van der Waals surface area contributed by atoms with Crippen LogP contribution in [0.25, 0.3) is 0 Å². The molecule has 0 spiro atoms. The van der Waals surface area contributed by atoms with Crippen LogP contribution in [-0.2, 0) is 25.0 Å². The molecule has 7 heteroatoms. The Balaban J connectivity index is 0.00000341. The Bertz CT molecular complexity index is 825. The molecule has 31 heavy (non-hydrogen) atoms. The van der Waals surface area contributed by atoms with Gasteiger partial charge in [0, 0.05) is 31.6 Å². The van der Waals surface area contributed by atoms with Crippen LogP contribution in [0.2, 0.25) is 0 Å². The molecule has 1 fully saturated rings. The van der Waals surface area contributed by atoms with Gasteiger partial charge in [0.15, 0.2) is 5.96 Å². The summed E-state index contributed by atoms with van der Waals surface area (Å²) in [4.78, 5) is 11.2. The summed E-state index contributed by atoms with van der Waals surface area (Å²) in [6.45, 7) is 12.2. The highest BCUT2D eigenvalue weighted by atomic mass is 127. The topological polar surface area (TPSA) is 65.7 Å². The minimum absolute atomic E-state index is 0. The van der Waals surface area contributed by atoms with Gasteiger partial charge in [-0.25, -0.2) is 4.98 Å². The average Bonchev–Trinajstić information content (AvgIpc) is 3.21. The highest BCUT2D eigenvalue weighted by Crippen LogP contribution is 2.22. The lowest BCUT2D eigenvalue weighted by atomic mass is 9.94. The van der Waals surface area contributed by atoms with E-state index in [9.17, 15) is 0 Å². The van der Waals surface area contributed by atoms with Crippen molar-refractivity contribution in [1.82, 2.24) is 20.5 Å². The van der Waals surface area contributed by atoms with Crippen LogP contribution in [-0.4, -0.2) is 35.5 Å². The van der Waals surface area contributed by atoms with Crippen LogP contribution in [0.5, 0.6) is 0 Å². The van der Waals surface area contributed by atoms with Crippen LogP contribution in [0.3, 0.4) is 0 Å². The quantitative estimate of drug-likeness (QED) is 0.313. The zero-order valence-corrected chi connectivity index (χ0v) is 21.9. The number of oxazole rings is 1. The molecule has 2 aromatic rings. The third-order valence-electron chi connectivity index (χ3n) is 5.73. The lowest BCUT2D eigenvalue weighted by Gasteiger charge is -2.33. The number of hydrogen-bond acceptors (Lipinski definition) is 4. The van der Waals surface area contributed by atoms with Crippen molar-refractivity contribution in [1.29, 1.82) is 0 Å². The highest BCUT2D eigenvalue weighted by Gasteiger charge is 2.19. The van der Waals surface area contributed by atoms with E-state index in [1.54, 1.807) is 13.2 Å². The van der Waals surface area contributed by atoms with Gasteiger partial charge in [0.2, 0.25) is 5.89 Å². The van der Waals surface area contributed by atoms with E-state index in [4.69, 9.17) is 4.42 Å². The summed E-state index contributed by atoms with van der Waals surface area (Å²) in [6.07, 6.45) is 5.81. The standard InChI is InChI=1S/C24H37N5O.HI/c1-18-8-6-7-13-29(18)17-20-11-9-19(10-12-20)14-27-23(25-5)28-16-22-26-15-21(30-22)24(2,3)4;/h9-12,15,18H,6-8,13-14,16-17H2,1-5H3,(H2,25,27,28);1H.